The first-order valence-corrected chi connectivity index (χ1v) is 7.76. The summed E-state index contributed by atoms with van der Waals surface area (Å²) in [7, 11) is 0. The molecule has 0 aliphatic rings. The number of primary amides is 1. The van der Waals surface area contributed by atoms with Crippen LogP contribution >= 0.6 is 11.3 Å². The van der Waals surface area contributed by atoms with E-state index >= 15 is 0 Å². The van der Waals surface area contributed by atoms with Crippen molar-refractivity contribution in [2.24, 2.45) is 5.73 Å². The van der Waals surface area contributed by atoms with Crippen LogP contribution in [-0.2, 0) is 6.54 Å². The monoisotopic (exact) mass is 318 g/mol. The second kappa shape index (κ2) is 7.09. The van der Waals surface area contributed by atoms with E-state index in [1.54, 1.807) is 5.38 Å². The molecule has 0 saturated heterocycles. The van der Waals surface area contributed by atoms with Crippen LogP contribution < -0.4 is 15.8 Å². The van der Waals surface area contributed by atoms with Crippen LogP contribution in [-0.4, -0.2) is 17.9 Å². The average molecular weight is 318 g/mol. The molecule has 22 heavy (non-hydrogen) atoms. The molecule has 5 nitrogen and oxygen atoms in total. The first-order valence-electron chi connectivity index (χ1n) is 6.88. The van der Waals surface area contributed by atoms with Crippen molar-refractivity contribution in [2.75, 3.05) is 0 Å². The SMILES string of the molecule is CC(C)Oc1ccc(CNC(=O)c2cc(C(N)=O)cs2)cc1. The highest BCUT2D eigenvalue weighted by Gasteiger charge is 2.11. The third kappa shape index (κ3) is 4.33. The highest BCUT2D eigenvalue weighted by Crippen LogP contribution is 2.16. The predicted molar refractivity (Wildman–Crippen MR) is 86.2 cm³/mol. The molecule has 1 aromatic carbocycles. The van der Waals surface area contributed by atoms with E-state index in [-0.39, 0.29) is 12.0 Å². The van der Waals surface area contributed by atoms with Crippen molar-refractivity contribution in [3.05, 3.63) is 51.7 Å². The molecule has 3 N–H and O–H groups in total. The lowest BCUT2D eigenvalue weighted by Crippen LogP contribution is -2.21. The number of benzene rings is 1. The molecule has 0 aliphatic carbocycles. The van der Waals surface area contributed by atoms with Gasteiger partial charge in [-0.25, -0.2) is 0 Å². The first-order chi connectivity index (χ1) is 10.5. The lowest BCUT2D eigenvalue weighted by Gasteiger charge is -2.10. The molecule has 2 aromatic rings. The summed E-state index contributed by atoms with van der Waals surface area (Å²) in [6, 6.07) is 9.06. The molecule has 0 aliphatic heterocycles. The second-order valence-corrected chi connectivity index (χ2v) is 5.97. The topological polar surface area (TPSA) is 81.4 Å². The zero-order chi connectivity index (χ0) is 16.1. The maximum Gasteiger partial charge on any atom is 0.261 e. The van der Waals surface area contributed by atoms with Crippen LogP contribution in [0.4, 0.5) is 0 Å². The normalized spacial score (nSPS) is 10.5. The first kappa shape index (κ1) is 16.0. The van der Waals surface area contributed by atoms with Crippen molar-refractivity contribution >= 4 is 23.2 Å². The van der Waals surface area contributed by atoms with Gasteiger partial charge in [0.15, 0.2) is 0 Å². The molecule has 0 unspecified atom stereocenters. The van der Waals surface area contributed by atoms with E-state index in [0.717, 1.165) is 11.3 Å². The van der Waals surface area contributed by atoms with E-state index in [1.807, 2.05) is 38.1 Å². The highest BCUT2D eigenvalue weighted by molar-refractivity contribution is 7.12. The van der Waals surface area contributed by atoms with Gasteiger partial charge < -0.3 is 15.8 Å². The maximum absolute atomic E-state index is 12.0. The molecule has 0 spiro atoms. The Balaban J connectivity index is 1.91. The number of carbonyl (C=O) groups is 2. The van der Waals surface area contributed by atoms with E-state index in [1.165, 1.54) is 17.4 Å². The second-order valence-electron chi connectivity index (χ2n) is 5.06. The number of thiophene rings is 1. The Kier molecular flexibility index (Phi) is 5.16. The van der Waals surface area contributed by atoms with Crippen LogP contribution in [0.1, 0.15) is 39.4 Å². The Morgan fingerprint density at radius 2 is 1.95 bits per heavy atom. The highest BCUT2D eigenvalue weighted by atomic mass is 32.1. The average Bonchev–Trinajstić information content (AvgIpc) is 2.96. The summed E-state index contributed by atoms with van der Waals surface area (Å²) in [5.74, 6) is 0.0467. The van der Waals surface area contributed by atoms with Crippen molar-refractivity contribution in [1.82, 2.24) is 5.32 Å². The molecule has 116 valence electrons. The molecule has 0 saturated carbocycles. The lowest BCUT2D eigenvalue weighted by molar-refractivity contribution is 0.0955. The van der Waals surface area contributed by atoms with Gasteiger partial charge in [0.2, 0.25) is 5.91 Å². The van der Waals surface area contributed by atoms with Crippen LogP contribution in [0.2, 0.25) is 0 Å². The zero-order valence-corrected chi connectivity index (χ0v) is 13.3. The molecule has 0 bridgehead atoms. The van der Waals surface area contributed by atoms with Gasteiger partial charge in [0, 0.05) is 11.9 Å². The van der Waals surface area contributed by atoms with Crippen molar-refractivity contribution in [1.29, 1.82) is 0 Å². The van der Waals surface area contributed by atoms with Gasteiger partial charge in [-0.05, 0) is 37.6 Å². The number of nitrogens with one attached hydrogen (secondary N) is 1. The van der Waals surface area contributed by atoms with Gasteiger partial charge in [-0.3, -0.25) is 9.59 Å². The Bertz CT molecular complexity index is 662. The minimum absolute atomic E-state index is 0.129. The number of carbonyl (C=O) groups excluding carboxylic acids is 2. The maximum atomic E-state index is 12.0. The number of hydrogen-bond donors (Lipinski definition) is 2. The molecule has 2 rings (SSSR count). The lowest BCUT2D eigenvalue weighted by atomic mass is 10.2. The fourth-order valence-corrected chi connectivity index (χ4v) is 2.62. The summed E-state index contributed by atoms with van der Waals surface area (Å²) in [6.07, 6.45) is 0.129. The molecule has 6 heteroatoms. The molecule has 1 heterocycles. The van der Waals surface area contributed by atoms with Gasteiger partial charge in [0.05, 0.1) is 16.5 Å². The Hall–Kier alpha value is -2.34. The van der Waals surface area contributed by atoms with Gasteiger partial charge in [0.1, 0.15) is 5.75 Å². The number of hydrogen-bond acceptors (Lipinski definition) is 4. The number of ether oxygens (including phenoxy) is 1. The summed E-state index contributed by atoms with van der Waals surface area (Å²) in [4.78, 5) is 23.5. The minimum atomic E-state index is -0.531. The molecule has 0 radical (unpaired) electrons. The third-order valence-electron chi connectivity index (χ3n) is 2.86. The summed E-state index contributed by atoms with van der Waals surface area (Å²) in [5.41, 5.74) is 6.49. The molecule has 1 aromatic heterocycles. The molecule has 2 amide bonds. The summed E-state index contributed by atoms with van der Waals surface area (Å²) >= 11 is 1.20. The van der Waals surface area contributed by atoms with Crippen molar-refractivity contribution < 1.29 is 14.3 Å². The quantitative estimate of drug-likeness (QED) is 0.859. The van der Waals surface area contributed by atoms with Gasteiger partial charge in [-0.15, -0.1) is 11.3 Å². The standard InChI is InChI=1S/C16H18N2O3S/c1-10(2)21-13-5-3-11(4-6-13)8-18-16(20)14-7-12(9-22-14)15(17)19/h3-7,9-10H,8H2,1-2H3,(H2,17,19)(H,18,20). The Morgan fingerprint density at radius 1 is 1.27 bits per heavy atom. The van der Waals surface area contributed by atoms with Crippen LogP contribution in [0, 0.1) is 0 Å². The fourth-order valence-electron chi connectivity index (χ4n) is 1.81. The third-order valence-corrected chi connectivity index (χ3v) is 3.78. The Morgan fingerprint density at radius 3 is 2.50 bits per heavy atom. The van der Waals surface area contributed by atoms with Crippen LogP contribution in [0.15, 0.2) is 35.7 Å². The van der Waals surface area contributed by atoms with Crippen molar-refractivity contribution in [2.45, 2.75) is 26.5 Å². The van der Waals surface area contributed by atoms with E-state index in [9.17, 15) is 9.59 Å². The van der Waals surface area contributed by atoms with Crippen molar-refractivity contribution in [3.63, 3.8) is 0 Å². The van der Waals surface area contributed by atoms with Crippen LogP contribution in [0.3, 0.4) is 0 Å². The van der Waals surface area contributed by atoms with E-state index in [0.29, 0.717) is 17.0 Å². The molecular weight excluding hydrogens is 300 g/mol. The van der Waals surface area contributed by atoms with Crippen LogP contribution in [0.25, 0.3) is 0 Å². The van der Waals surface area contributed by atoms with E-state index in [2.05, 4.69) is 5.32 Å². The number of amides is 2. The summed E-state index contributed by atoms with van der Waals surface area (Å²) < 4.78 is 5.56. The zero-order valence-electron chi connectivity index (χ0n) is 12.5. The van der Waals surface area contributed by atoms with Gasteiger partial charge in [-0.2, -0.15) is 0 Å². The van der Waals surface area contributed by atoms with Gasteiger partial charge in [-0.1, -0.05) is 12.1 Å². The van der Waals surface area contributed by atoms with Crippen LogP contribution in [0.5, 0.6) is 5.75 Å². The fraction of sp³-hybridized carbons (Fsp3) is 0.250. The molecule has 0 atom stereocenters. The predicted octanol–water partition coefficient (Wildman–Crippen LogP) is 2.56. The smallest absolute Gasteiger partial charge is 0.261 e. The number of nitrogens with two attached hydrogens (primary N) is 1. The largest absolute Gasteiger partial charge is 0.491 e. The van der Waals surface area contributed by atoms with E-state index in [4.69, 9.17) is 10.5 Å². The van der Waals surface area contributed by atoms with Gasteiger partial charge in [0.25, 0.3) is 5.91 Å². The molecular formula is C16H18N2O3S. The summed E-state index contributed by atoms with van der Waals surface area (Å²) in [5, 5.41) is 4.38. The number of rotatable bonds is 6. The minimum Gasteiger partial charge on any atom is -0.491 e. The van der Waals surface area contributed by atoms with Crippen molar-refractivity contribution in [3.8, 4) is 5.75 Å². The summed E-state index contributed by atoms with van der Waals surface area (Å²) in [6.45, 7) is 4.34. The van der Waals surface area contributed by atoms with Gasteiger partial charge >= 0.3 is 0 Å². The Labute approximate surface area is 133 Å². The molecule has 0 fully saturated rings. The van der Waals surface area contributed by atoms with E-state index < -0.39 is 5.91 Å².